The maximum atomic E-state index is 13.9. The van der Waals surface area contributed by atoms with E-state index in [0.717, 1.165) is 18.5 Å². The first-order valence-corrected chi connectivity index (χ1v) is 8.33. The van der Waals surface area contributed by atoms with E-state index in [9.17, 15) is 4.39 Å². The van der Waals surface area contributed by atoms with Crippen molar-refractivity contribution < 1.29 is 4.39 Å². The van der Waals surface area contributed by atoms with Gasteiger partial charge in [0.05, 0.1) is 0 Å². The number of thiocarbonyl (C=S) groups is 1. The van der Waals surface area contributed by atoms with E-state index in [-0.39, 0.29) is 5.82 Å². The first kappa shape index (κ1) is 15.9. The van der Waals surface area contributed by atoms with Crippen molar-refractivity contribution in [1.29, 1.82) is 0 Å². The Hall–Kier alpha value is -1.94. The third kappa shape index (κ3) is 4.08. The zero-order chi connectivity index (χ0) is 16.4. The summed E-state index contributed by atoms with van der Waals surface area (Å²) in [6.07, 6.45) is 2.23. The van der Waals surface area contributed by atoms with Crippen LogP contribution in [-0.4, -0.2) is 16.1 Å². The van der Waals surface area contributed by atoms with E-state index in [1.807, 2.05) is 12.1 Å². The Kier molecular flexibility index (Phi) is 4.62. The molecule has 1 aliphatic carbocycles. The lowest BCUT2D eigenvalue weighted by Gasteiger charge is -2.26. The molecule has 2 nitrogen and oxygen atoms in total. The van der Waals surface area contributed by atoms with Crippen LogP contribution in [0.4, 0.5) is 10.1 Å². The molecule has 4 heteroatoms. The summed E-state index contributed by atoms with van der Waals surface area (Å²) in [6.45, 7) is 4.65. The molecule has 0 unspecified atom stereocenters. The molecule has 1 aliphatic rings. The zero-order valence-electron chi connectivity index (χ0n) is 13.5. The fourth-order valence-corrected chi connectivity index (χ4v) is 3.14. The van der Waals surface area contributed by atoms with E-state index >= 15 is 0 Å². The van der Waals surface area contributed by atoms with Crippen LogP contribution in [0.3, 0.4) is 0 Å². The molecule has 1 saturated carbocycles. The predicted octanol–water partition coefficient (Wildman–Crippen LogP) is 4.80. The summed E-state index contributed by atoms with van der Waals surface area (Å²) in [5, 5.41) is 3.99. The van der Waals surface area contributed by atoms with Gasteiger partial charge in [-0.3, -0.25) is 0 Å². The maximum absolute atomic E-state index is 13.9. The van der Waals surface area contributed by atoms with Crippen LogP contribution < -0.4 is 5.32 Å². The van der Waals surface area contributed by atoms with E-state index in [0.29, 0.717) is 23.3 Å². The molecule has 0 aliphatic heterocycles. The second-order valence-corrected chi connectivity index (χ2v) is 6.64. The third-order valence-corrected chi connectivity index (χ3v) is 4.36. The molecule has 0 bridgehead atoms. The third-order valence-electron chi connectivity index (χ3n) is 4.02. The van der Waals surface area contributed by atoms with Crippen molar-refractivity contribution in [3.8, 4) is 0 Å². The van der Waals surface area contributed by atoms with Gasteiger partial charge < -0.3 is 10.2 Å². The largest absolute Gasteiger partial charge is 0.342 e. The molecule has 2 aromatic carbocycles. The molecule has 0 amide bonds. The van der Waals surface area contributed by atoms with Gasteiger partial charge in [-0.05, 0) is 68.2 Å². The topological polar surface area (TPSA) is 15.3 Å². The van der Waals surface area contributed by atoms with Crippen molar-refractivity contribution in [3.63, 3.8) is 0 Å². The van der Waals surface area contributed by atoms with Crippen molar-refractivity contribution in [2.75, 3.05) is 5.32 Å². The molecule has 1 N–H and O–H groups in total. The van der Waals surface area contributed by atoms with Gasteiger partial charge in [0.15, 0.2) is 5.11 Å². The van der Waals surface area contributed by atoms with E-state index in [4.69, 9.17) is 12.2 Å². The number of benzene rings is 2. The number of rotatable bonds is 4. The standard InChI is InChI=1S/C19H21FN2S/c1-13-9-14(2)11-16(10-13)21-19(23)22(17-7-8-17)12-15-5-3-4-6-18(15)20/h3-6,9-11,17H,7-8,12H2,1-2H3,(H,21,23). The van der Waals surface area contributed by atoms with Crippen LogP contribution in [-0.2, 0) is 6.54 Å². The molecule has 0 saturated heterocycles. The van der Waals surface area contributed by atoms with Crippen LogP contribution in [0.15, 0.2) is 42.5 Å². The molecule has 0 aromatic heterocycles. The number of nitrogens with zero attached hydrogens (tertiary/aromatic N) is 1. The van der Waals surface area contributed by atoms with Gasteiger partial charge in [-0.15, -0.1) is 0 Å². The molecule has 0 spiro atoms. The van der Waals surface area contributed by atoms with E-state index in [1.165, 1.54) is 17.2 Å². The summed E-state index contributed by atoms with van der Waals surface area (Å²) in [5.74, 6) is -0.174. The Bertz CT molecular complexity index is 705. The molecule has 2 aromatic rings. The minimum Gasteiger partial charge on any atom is -0.342 e. The van der Waals surface area contributed by atoms with Crippen molar-refractivity contribution in [3.05, 3.63) is 65.0 Å². The summed E-state index contributed by atoms with van der Waals surface area (Å²) >= 11 is 5.60. The molecular formula is C19H21FN2S. The Morgan fingerprint density at radius 1 is 1.17 bits per heavy atom. The fraction of sp³-hybridized carbons (Fsp3) is 0.316. The Morgan fingerprint density at radius 2 is 1.83 bits per heavy atom. The van der Waals surface area contributed by atoms with Gasteiger partial charge in [0.2, 0.25) is 0 Å². The number of anilines is 1. The van der Waals surface area contributed by atoms with Crippen LogP contribution in [0.2, 0.25) is 0 Å². The van der Waals surface area contributed by atoms with Gasteiger partial charge in [-0.2, -0.15) is 0 Å². The molecule has 0 heterocycles. The number of nitrogens with one attached hydrogen (secondary N) is 1. The highest BCUT2D eigenvalue weighted by atomic mass is 32.1. The highest BCUT2D eigenvalue weighted by molar-refractivity contribution is 7.80. The minimum absolute atomic E-state index is 0.174. The summed E-state index contributed by atoms with van der Waals surface area (Å²) in [6, 6.07) is 13.6. The average Bonchev–Trinajstić information content (AvgIpc) is 3.29. The van der Waals surface area contributed by atoms with Gasteiger partial charge >= 0.3 is 0 Å². The highest BCUT2D eigenvalue weighted by Crippen LogP contribution is 2.29. The monoisotopic (exact) mass is 328 g/mol. The van der Waals surface area contributed by atoms with Gasteiger partial charge in [0, 0.05) is 23.8 Å². The SMILES string of the molecule is Cc1cc(C)cc(NC(=S)N(Cc2ccccc2F)C2CC2)c1. The Labute approximate surface area is 142 Å². The lowest BCUT2D eigenvalue weighted by molar-refractivity contribution is 0.400. The van der Waals surface area contributed by atoms with E-state index in [1.54, 1.807) is 6.07 Å². The van der Waals surface area contributed by atoms with Crippen LogP contribution in [0.25, 0.3) is 0 Å². The van der Waals surface area contributed by atoms with Crippen molar-refractivity contribution >= 4 is 23.0 Å². The number of hydrogen-bond acceptors (Lipinski definition) is 1. The van der Waals surface area contributed by atoms with Crippen molar-refractivity contribution in [2.24, 2.45) is 0 Å². The molecular weight excluding hydrogens is 307 g/mol. The predicted molar refractivity (Wildman–Crippen MR) is 97.1 cm³/mol. The van der Waals surface area contributed by atoms with Gasteiger partial charge in [0.1, 0.15) is 5.82 Å². The molecule has 3 rings (SSSR count). The number of aryl methyl sites for hydroxylation is 2. The van der Waals surface area contributed by atoms with Gasteiger partial charge in [-0.1, -0.05) is 24.3 Å². The smallest absolute Gasteiger partial charge is 0.173 e. The Morgan fingerprint density at radius 3 is 2.43 bits per heavy atom. The lowest BCUT2D eigenvalue weighted by atomic mass is 10.1. The molecule has 1 fully saturated rings. The average molecular weight is 328 g/mol. The first-order chi connectivity index (χ1) is 11.0. The van der Waals surface area contributed by atoms with Gasteiger partial charge in [-0.25, -0.2) is 4.39 Å². The normalized spacial score (nSPS) is 13.7. The van der Waals surface area contributed by atoms with Crippen molar-refractivity contribution in [1.82, 2.24) is 4.90 Å². The van der Waals surface area contributed by atoms with E-state index < -0.39 is 0 Å². The van der Waals surface area contributed by atoms with Gasteiger partial charge in [0.25, 0.3) is 0 Å². The van der Waals surface area contributed by atoms with Crippen molar-refractivity contribution in [2.45, 2.75) is 39.3 Å². The minimum atomic E-state index is -0.174. The van der Waals surface area contributed by atoms with Crippen LogP contribution >= 0.6 is 12.2 Å². The lowest BCUT2D eigenvalue weighted by Crippen LogP contribution is -2.36. The quantitative estimate of drug-likeness (QED) is 0.811. The van der Waals surface area contributed by atoms with Crippen LogP contribution in [0, 0.1) is 19.7 Å². The highest BCUT2D eigenvalue weighted by Gasteiger charge is 2.31. The fourth-order valence-electron chi connectivity index (χ4n) is 2.81. The van der Waals surface area contributed by atoms with Crippen LogP contribution in [0.1, 0.15) is 29.5 Å². The Balaban J connectivity index is 1.76. The summed E-state index contributed by atoms with van der Waals surface area (Å²) in [4.78, 5) is 2.10. The molecule has 0 radical (unpaired) electrons. The number of hydrogen-bond donors (Lipinski definition) is 1. The summed E-state index contributed by atoms with van der Waals surface area (Å²) in [5.41, 5.74) is 4.07. The van der Waals surface area contributed by atoms with E-state index in [2.05, 4.69) is 42.3 Å². The summed E-state index contributed by atoms with van der Waals surface area (Å²) in [7, 11) is 0. The number of halogens is 1. The first-order valence-electron chi connectivity index (χ1n) is 7.92. The second kappa shape index (κ2) is 6.67. The maximum Gasteiger partial charge on any atom is 0.173 e. The molecule has 120 valence electrons. The summed E-state index contributed by atoms with van der Waals surface area (Å²) < 4.78 is 13.9. The zero-order valence-corrected chi connectivity index (χ0v) is 14.3. The van der Waals surface area contributed by atoms with Crippen LogP contribution in [0.5, 0.6) is 0 Å². The molecule has 0 atom stereocenters. The molecule has 23 heavy (non-hydrogen) atoms. The second-order valence-electron chi connectivity index (χ2n) is 6.26.